The fourth-order valence-electron chi connectivity index (χ4n) is 3.97. The largest absolute Gasteiger partial charge is 0.383 e. The fourth-order valence-corrected chi connectivity index (χ4v) is 3.97. The molecule has 0 saturated carbocycles. The standard InChI is InChI=1S/C26H26FN5O3/c1-18-8-3-4-11-21(18)25(26(34)28-14-15-35-2)32(20-10-7-9-19(27)16-20)24(33)17-31-23-13-6-5-12-22(23)29-30-31/h3-13,16,25H,14-15,17H2,1-2H3,(H,28,34)/t25-/m1/s1. The predicted molar refractivity (Wildman–Crippen MR) is 130 cm³/mol. The number of anilines is 1. The number of nitrogens with zero attached hydrogens (tertiary/aromatic N) is 4. The molecule has 2 amide bonds. The summed E-state index contributed by atoms with van der Waals surface area (Å²) < 4.78 is 20.8. The molecular formula is C26H26FN5O3. The van der Waals surface area contributed by atoms with Gasteiger partial charge in [0.1, 0.15) is 23.9 Å². The minimum absolute atomic E-state index is 0.190. The number of amides is 2. The second-order valence-electron chi connectivity index (χ2n) is 8.02. The minimum atomic E-state index is -1.04. The van der Waals surface area contributed by atoms with Crippen molar-refractivity contribution in [3.8, 4) is 0 Å². The van der Waals surface area contributed by atoms with Gasteiger partial charge < -0.3 is 10.1 Å². The lowest BCUT2D eigenvalue weighted by atomic mass is 9.98. The van der Waals surface area contributed by atoms with Crippen molar-refractivity contribution in [3.63, 3.8) is 0 Å². The Bertz CT molecular complexity index is 1340. The summed E-state index contributed by atoms with van der Waals surface area (Å²) >= 11 is 0. The molecule has 3 aromatic carbocycles. The van der Waals surface area contributed by atoms with E-state index in [-0.39, 0.29) is 18.8 Å². The molecule has 1 heterocycles. The van der Waals surface area contributed by atoms with Crippen molar-refractivity contribution < 1.29 is 18.7 Å². The highest BCUT2D eigenvalue weighted by Crippen LogP contribution is 2.31. The first-order chi connectivity index (χ1) is 17.0. The summed E-state index contributed by atoms with van der Waals surface area (Å²) in [5, 5.41) is 11.1. The van der Waals surface area contributed by atoms with Gasteiger partial charge in [0.15, 0.2) is 0 Å². The molecule has 0 aliphatic heterocycles. The summed E-state index contributed by atoms with van der Waals surface area (Å²) in [5.74, 6) is -1.37. The number of benzene rings is 3. The molecular weight excluding hydrogens is 449 g/mol. The van der Waals surface area contributed by atoms with Crippen LogP contribution in [-0.2, 0) is 20.9 Å². The zero-order valence-corrected chi connectivity index (χ0v) is 19.5. The molecule has 4 rings (SSSR count). The summed E-state index contributed by atoms with van der Waals surface area (Å²) in [6, 6.07) is 19.2. The van der Waals surface area contributed by atoms with Crippen LogP contribution in [0.4, 0.5) is 10.1 Å². The molecule has 0 aliphatic rings. The van der Waals surface area contributed by atoms with Crippen LogP contribution in [0.2, 0.25) is 0 Å². The monoisotopic (exact) mass is 475 g/mol. The number of aryl methyl sites for hydroxylation is 1. The highest BCUT2D eigenvalue weighted by Gasteiger charge is 2.34. The summed E-state index contributed by atoms with van der Waals surface area (Å²) in [7, 11) is 1.54. The molecule has 0 aliphatic carbocycles. The third-order valence-electron chi connectivity index (χ3n) is 5.66. The quantitative estimate of drug-likeness (QED) is 0.375. The summed E-state index contributed by atoms with van der Waals surface area (Å²) in [6.45, 7) is 2.25. The first-order valence-electron chi connectivity index (χ1n) is 11.2. The number of rotatable bonds is 9. The molecule has 0 spiro atoms. The molecule has 1 N–H and O–H groups in total. The Labute approximate surface area is 202 Å². The predicted octanol–water partition coefficient (Wildman–Crippen LogP) is 3.42. The number of carbonyl (C=O) groups excluding carboxylic acids is 2. The number of hydrogen-bond acceptors (Lipinski definition) is 5. The van der Waals surface area contributed by atoms with E-state index >= 15 is 0 Å². The Morgan fingerprint density at radius 2 is 1.86 bits per heavy atom. The molecule has 1 aromatic heterocycles. The smallest absolute Gasteiger partial charge is 0.249 e. The molecule has 180 valence electrons. The van der Waals surface area contributed by atoms with E-state index < -0.39 is 23.7 Å². The number of aromatic nitrogens is 3. The Morgan fingerprint density at radius 1 is 1.09 bits per heavy atom. The van der Waals surface area contributed by atoms with E-state index in [4.69, 9.17) is 4.74 Å². The van der Waals surface area contributed by atoms with Crippen LogP contribution in [-0.4, -0.2) is 47.1 Å². The summed E-state index contributed by atoms with van der Waals surface area (Å²) in [6.07, 6.45) is 0. The average molecular weight is 476 g/mol. The van der Waals surface area contributed by atoms with Gasteiger partial charge in [0, 0.05) is 19.3 Å². The lowest BCUT2D eigenvalue weighted by molar-refractivity contribution is -0.127. The maximum absolute atomic E-state index is 14.3. The Kier molecular flexibility index (Phi) is 7.47. The zero-order valence-electron chi connectivity index (χ0n) is 19.5. The molecule has 8 nitrogen and oxygen atoms in total. The van der Waals surface area contributed by atoms with Gasteiger partial charge in [0.05, 0.1) is 12.1 Å². The number of para-hydroxylation sites is 1. The zero-order chi connectivity index (χ0) is 24.8. The molecule has 9 heteroatoms. The van der Waals surface area contributed by atoms with E-state index in [2.05, 4.69) is 15.6 Å². The second-order valence-corrected chi connectivity index (χ2v) is 8.02. The van der Waals surface area contributed by atoms with Crippen molar-refractivity contribution in [3.05, 3.63) is 89.7 Å². The maximum atomic E-state index is 14.3. The van der Waals surface area contributed by atoms with E-state index in [1.54, 1.807) is 24.3 Å². The van der Waals surface area contributed by atoms with Crippen molar-refractivity contribution in [2.75, 3.05) is 25.2 Å². The lowest BCUT2D eigenvalue weighted by Crippen LogP contribution is -2.46. The van der Waals surface area contributed by atoms with Gasteiger partial charge in [-0.25, -0.2) is 9.07 Å². The number of fused-ring (bicyclic) bond motifs is 1. The van der Waals surface area contributed by atoms with E-state index in [1.165, 1.54) is 34.9 Å². The minimum Gasteiger partial charge on any atom is -0.383 e. The normalized spacial score (nSPS) is 11.9. The molecule has 4 aromatic rings. The van der Waals surface area contributed by atoms with E-state index in [9.17, 15) is 14.0 Å². The molecule has 0 saturated heterocycles. The van der Waals surface area contributed by atoms with Crippen LogP contribution in [0.25, 0.3) is 11.0 Å². The molecule has 1 atom stereocenters. The van der Waals surface area contributed by atoms with Crippen LogP contribution in [0.1, 0.15) is 17.2 Å². The maximum Gasteiger partial charge on any atom is 0.249 e. The van der Waals surface area contributed by atoms with Crippen molar-refractivity contribution in [1.29, 1.82) is 0 Å². The number of methoxy groups -OCH3 is 1. The highest BCUT2D eigenvalue weighted by atomic mass is 19.1. The average Bonchev–Trinajstić information content (AvgIpc) is 3.26. The number of halogens is 1. The van der Waals surface area contributed by atoms with E-state index in [1.807, 2.05) is 37.3 Å². The molecule has 0 radical (unpaired) electrons. The summed E-state index contributed by atoms with van der Waals surface area (Å²) in [5.41, 5.74) is 3.03. The number of carbonyl (C=O) groups is 2. The lowest BCUT2D eigenvalue weighted by Gasteiger charge is -2.32. The van der Waals surface area contributed by atoms with Gasteiger partial charge in [-0.1, -0.05) is 47.7 Å². The van der Waals surface area contributed by atoms with E-state index in [0.29, 0.717) is 23.2 Å². The van der Waals surface area contributed by atoms with Crippen LogP contribution in [0.15, 0.2) is 72.8 Å². The SMILES string of the molecule is COCCNC(=O)[C@@H](c1ccccc1C)N(C(=O)Cn1nnc2ccccc21)c1cccc(F)c1. The van der Waals surface area contributed by atoms with Gasteiger partial charge in [-0.3, -0.25) is 14.5 Å². The Morgan fingerprint density at radius 3 is 2.63 bits per heavy atom. The second kappa shape index (κ2) is 10.9. The van der Waals surface area contributed by atoms with Gasteiger partial charge in [-0.15, -0.1) is 5.10 Å². The van der Waals surface area contributed by atoms with Crippen LogP contribution in [0.3, 0.4) is 0 Å². The third kappa shape index (κ3) is 5.36. The fraction of sp³-hybridized carbons (Fsp3) is 0.231. The Balaban J connectivity index is 1.79. The van der Waals surface area contributed by atoms with Crippen molar-refractivity contribution in [2.45, 2.75) is 19.5 Å². The topological polar surface area (TPSA) is 89.4 Å². The van der Waals surface area contributed by atoms with Crippen molar-refractivity contribution in [1.82, 2.24) is 20.3 Å². The van der Waals surface area contributed by atoms with Crippen molar-refractivity contribution >= 4 is 28.5 Å². The van der Waals surface area contributed by atoms with Crippen LogP contribution < -0.4 is 10.2 Å². The van der Waals surface area contributed by atoms with Gasteiger partial charge in [-0.05, 0) is 48.4 Å². The van der Waals surface area contributed by atoms with Crippen LogP contribution in [0, 0.1) is 12.7 Å². The number of ether oxygens (including phenoxy) is 1. The molecule has 0 unspecified atom stereocenters. The first-order valence-corrected chi connectivity index (χ1v) is 11.2. The van der Waals surface area contributed by atoms with Gasteiger partial charge in [0.2, 0.25) is 11.8 Å². The van der Waals surface area contributed by atoms with Crippen LogP contribution in [0.5, 0.6) is 0 Å². The van der Waals surface area contributed by atoms with Gasteiger partial charge in [-0.2, -0.15) is 0 Å². The summed E-state index contributed by atoms with van der Waals surface area (Å²) in [4.78, 5) is 28.7. The molecule has 0 fully saturated rings. The van der Waals surface area contributed by atoms with E-state index in [0.717, 1.165) is 5.56 Å². The van der Waals surface area contributed by atoms with Gasteiger partial charge >= 0.3 is 0 Å². The number of hydrogen-bond donors (Lipinski definition) is 1. The molecule has 0 bridgehead atoms. The first kappa shape index (κ1) is 24.0. The molecule has 35 heavy (non-hydrogen) atoms. The van der Waals surface area contributed by atoms with Crippen LogP contribution >= 0.6 is 0 Å². The van der Waals surface area contributed by atoms with Gasteiger partial charge in [0.25, 0.3) is 0 Å². The van der Waals surface area contributed by atoms with Crippen molar-refractivity contribution in [2.24, 2.45) is 0 Å². The number of nitrogens with one attached hydrogen (secondary N) is 1. The Hall–Kier alpha value is -4.11. The highest BCUT2D eigenvalue weighted by molar-refractivity contribution is 6.01. The third-order valence-corrected chi connectivity index (χ3v) is 5.66.